The van der Waals surface area contributed by atoms with Crippen molar-refractivity contribution in [1.82, 2.24) is 29.2 Å². The number of oxazole rings is 1. The van der Waals surface area contributed by atoms with E-state index in [1.54, 1.807) is 18.8 Å². The van der Waals surface area contributed by atoms with Crippen LogP contribution in [0.4, 0.5) is 0 Å². The zero-order chi connectivity index (χ0) is 17.9. The molecule has 1 amide bonds. The molecule has 0 spiro atoms. The maximum absolute atomic E-state index is 12.7. The maximum atomic E-state index is 12.7. The lowest BCUT2D eigenvalue weighted by molar-refractivity contribution is -0.132. The van der Waals surface area contributed by atoms with Crippen molar-refractivity contribution in [1.29, 1.82) is 0 Å². The summed E-state index contributed by atoms with van der Waals surface area (Å²) in [5.74, 6) is 0.152. The summed E-state index contributed by atoms with van der Waals surface area (Å²) in [6, 6.07) is 0. The number of rotatable bonds is 6. The van der Waals surface area contributed by atoms with Crippen molar-refractivity contribution in [2.45, 2.75) is 45.8 Å². The Bertz CT molecular complexity index is 866. The van der Waals surface area contributed by atoms with Crippen LogP contribution in [0, 0.1) is 0 Å². The number of aromatic nitrogens is 5. The number of aryl methyl sites for hydroxylation is 2. The Labute approximate surface area is 151 Å². The molecule has 1 aliphatic rings. The quantitative estimate of drug-likeness (QED) is 0.677. The Hall–Kier alpha value is -2.90. The molecular weight excluding hydrogens is 332 g/mol. The number of carbonyl (C=O) groups is 1. The molecule has 3 aromatic heterocycles. The molecule has 0 bridgehead atoms. The Morgan fingerprint density at radius 3 is 3.00 bits per heavy atom. The minimum absolute atomic E-state index is 0.152. The first-order chi connectivity index (χ1) is 12.8. The van der Waals surface area contributed by atoms with Gasteiger partial charge >= 0.3 is 0 Å². The number of amides is 1. The lowest BCUT2D eigenvalue weighted by Gasteiger charge is -2.28. The average molecular weight is 354 g/mol. The Morgan fingerprint density at radius 1 is 1.35 bits per heavy atom. The van der Waals surface area contributed by atoms with Crippen molar-refractivity contribution in [2.24, 2.45) is 0 Å². The van der Waals surface area contributed by atoms with E-state index in [2.05, 4.69) is 21.6 Å². The second-order valence-electron chi connectivity index (χ2n) is 6.49. The van der Waals surface area contributed by atoms with Crippen molar-refractivity contribution in [3.8, 4) is 11.4 Å². The molecule has 26 heavy (non-hydrogen) atoms. The Morgan fingerprint density at radius 2 is 2.27 bits per heavy atom. The van der Waals surface area contributed by atoms with Gasteiger partial charge in [-0.25, -0.2) is 9.97 Å². The molecular formula is C18H22N6O2. The predicted octanol–water partition coefficient (Wildman–Crippen LogP) is 2.12. The number of carbonyl (C=O) groups excluding carboxylic acids is 1. The molecule has 0 saturated heterocycles. The smallest absolute Gasteiger partial charge is 0.224 e. The van der Waals surface area contributed by atoms with Gasteiger partial charge in [0.1, 0.15) is 17.7 Å². The van der Waals surface area contributed by atoms with E-state index in [9.17, 15) is 4.79 Å². The van der Waals surface area contributed by atoms with Crippen LogP contribution in [0.15, 0.2) is 35.8 Å². The molecule has 0 N–H and O–H groups in total. The fourth-order valence-electron chi connectivity index (χ4n) is 3.44. The van der Waals surface area contributed by atoms with Crippen molar-refractivity contribution in [3.63, 3.8) is 0 Å². The van der Waals surface area contributed by atoms with Crippen LogP contribution in [-0.4, -0.2) is 41.7 Å². The second kappa shape index (κ2) is 7.15. The molecule has 1 aliphatic heterocycles. The zero-order valence-corrected chi connectivity index (χ0v) is 14.8. The number of hydrogen-bond acceptors (Lipinski definition) is 5. The van der Waals surface area contributed by atoms with Crippen molar-refractivity contribution in [3.05, 3.63) is 42.6 Å². The molecule has 0 aliphatic carbocycles. The molecule has 136 valence electrons. The largest absolute Gasteiger partial charge is 0.451 e. The van der Waals surface area contributed by atoms with E-state index >= 15 is 0 Å². The third kappa shape index (κ3) is 3.14. The van der Waals surface area contributed by atoms with Crippen LogP contribution in [0.2, 0.25) is 0 Å². The van der Waals surface area contributed by atoms with Crippen molar-refractivity contribution < 1.29 is 9.21 Å². The number of fused-ring (bicyclic) bond motifs is 1. The monoisotopic (exact) mass is 354 g/mol. The highest BCUT2D eigenvalue weighted by molar-refractivity contribution is 5.77. The third-order valence-corrected chi connectivity index (χ3v) is 4.74. The topological polar surface area (TPSA) is 82.0 Å². The van der Waals surface area contributed by atoms with Gasteiger partial charge in [-0.05, 0) is 6.42 Å². The molecule has 0 fully saturated rings. The Kier molecular flexibility index (Phi) is 4.55. The molecule has 3 aromatic rings. The highest BCUT2D eigenvalue weighted by Crippen LogP contribution is 2.29. The zero-order valence-electron chi connectivity index (χ0n) is 14.8. The van der Waals surface area contributed by atoms with E-state index in [0.717, 1.165) is 42.9 Å². The van der Waals surface area contributed by atoms with Crippen LogP contribution >= 0.6 is 0 Å². The first-order valence-corrected chi connectivity index (χ1v) is 8.97. The summed E-state index contributed by atoms with van der Waals surface area (Å²) in [6.45, 7) is 4.95. The summed E-state index contributed by atoms with van der Waals surface area (Å²) in [4.78, 5) is 22.8. The van der Waals surface area contributed by atoms with E-state index in [1.165, 1.54) is 12.1 Å². The molecule has 0 saturated carbocycles. The van der Waals surface area contributed by atoms with E-state index in [4.69, 9.17) is 9.52 Å². The van der Waals surface area contributed by atoms with Crippen LogP contribution in [0.25, 0.3) is 11.4 Å². The van der Waals surface area contributed by atoms with Crippen LogP contribution < -0.4 is 0 Å². The fourth-order valence-corrected chi connectivity index (χ4v) is 3.44. The van der Waals surface area contributed by atoms with Gasteiger partial charge in [0.05, 0.1) is 6.33 Å². The Balaban J connectivity index is 1.54. The summed E-state index contributed by atoms with van der Waals surface area (Å²) in [7, 11) is 0. The van der Waals surface area contributed by atoms with E-state index in [1.807, 2.05) is 15.7 Å². The lowest BCUT2D eigenvalue weighted by Crippen LogP contribution is -2.36. The first kappa shape index (κ1) is 16.6. The van der Waals surface area contributed by atoms with Crippen LogP contribution in [-0.2, 0) is 30.8 Å². The molecule has 8 heteroatoms. The van der Waals surface area contributed by atoms with Gasteiger partial charge in [0.25, 0.3) is 0 Å². The maximum Gasteiger partial charge on any atom is 0.224 e. The molecule has 8 nitrogen and oxygen atoms in total. The van der Waals surface area contributed by atoms with Crippen molar-refractivity contribution in [2.75, 3.05) is 6.54 Å². The predicted molar refractivity (Wildman–Crippen MR) is 94.0 cm³/mol. The molecule has 4 heterocycles. The normalized spacial score (nSPS) is 13.8. The summed E-state index contributed by atoms with van der Waals surface area (Å²) < 4.78 is 9.12. The van der Waals surface area contributed by atoms with Gasteiger partial charge in [-0.2, -0.15) is 5.10 Å². The highest BCUT2D eigenvalue weighted by atomic mass is 16.3. The standard InChI is InChI=1S/C18H22N6O2/c1-2-6-24-16-3-8-23(17(25)4-7-22-9-5-19-12-22)10-14(16)18(21-24)15-11-26-13-20-15/h5,9,11-13H,2-4,6-8,10H2,1H3. The SMILES string of the molecule is CCCn1nc(-c2cocn2)c2c1CCN(C(=O)CCn1ccnc1)C2. The number of hydrogen-bond donors (Lipinski definition) is 0. The number of nitrogens with zero attached hydrogens (tertiary/aromatic N) is 6. The molecule has 0 aromatic carbocycles. The van der Waals surface area contributed by atoms with Crippen molar-refractivity contribution >= 4 is 5.91 Å². The van der Waals surface area contributed by atoms with Crippen LogP contribution in [0.3, 0.4) is 0 Å². The van der Waals surface area contributed by atoms with Crippen LogP contribution in [0.1, 0.15) is 31.0 Å². The number of imidazole rings is 1. The molecule has 0 atom stereocenters. The highest BCUT2D eigenvalue weighted by Gasteiger charge is 2.28. The fraction of sp³-hybridized carbons (Fsp3) is 0.444. The summed E-state index contributed by atoms with van der Waals surface area (Å²) >= 11 is 0. The average Bonchev–Trinajstić information content (AvgIpc) is 3.40. The minimum Gasteiger partial charge on any atom is -0.451 e. The second-order valence-corrected chi connectivity index (χ2v) is 6.49. The van der Waals surface area contributed by atoms with Gasteiger partial charge < -0.3 is 13.9 Å². The van der Waals surface area contributed by atoms with Crippen LogP contribution in [0.5, 0.6) is 0 Å². The van der Waals surface area contributed by atoms with Gasteiger partial charge in [0.15, 0.2) is 6.39 Å². The minimum atomic E-state index is 0.152. The third-order valence-electron chi connectivity index (χ3n) is 4.74. The van der Waals surface area contributed by atoms with Gasteiger partial charge in [-0.3, -0.25) is 9.48 Å². The first-order valence-electron chi connectivity index (χ1n) is 8.97. The van der Waals surface area contributed by atoms with E-state index < -0.39 is 0 Å². The summed E-state index contributed by atoms with van der Waals surface area (Å²) in [6.07, 6.45) is 10.7. The lowest BCUT2D eigenvalue weighted by atomic mass is 10.0. The summed E-state index contributed by atoms with van der Waals surface area (Å²) in [5.41, 5.74) is 3.86. The molecule has 4 rings (SSSR count). The van der Waals surface area contributed by atoms with E-state index in [-0.39, 0.29) is 5.91 Å². The van der Waals surface area contributed by atoms with E-state index in [0.29, 0.717) is 19.5 Å². The van der Waals surface area contributed by atoms with Gasteiger partial charge in [0.2, 0.25) is 5.91 Å². The molecule has 0 radical (unpaired) electrons. The molecule has 0 unspecified atom stereocenters. The van der Waals surface area contributed by atoms with Gasteiger partial charge in [0, 0.05) is 62.7 Å². The van der Waals surface area contributed by atoms with Gasteiger partial charge in [-0.15, -0.1) is 0 Å². The summed E-state index contributed by atoms with van der Waals surface area (Å²) in [5, 5.41) is 4.75. The van der Waals surface area contributed by atoms with Gasteiger partial charge in [-0.1, -0.05) is 6.92 Å².